The van der Waals surface area contributed by atoms with Crippen molar-refractivity contribution in [3.63, 3.8) is 0 Å². The molecule has 0 amide bonds. The molecule has 164 valence electrons. The van der Waals surface area contributed by atoms with E-state index in [1.165, 1.54) is 28.3 Å². The van der Waals surface area contributed by atoms with Gasteiger partial charge in [-0.25, -0.2) is 18.2 Å². The molecule has 3 aromatic rings. The molecular formula is C22H25N3O4S2. The van der Waals surface area contributed by atoms with Crippen LogP contribution in [0.15, 0.2) is 55.7 Å². The number of likely N-dealkylation sites (N-methyl/N-ethyl adjacent to an activating group) is 1. The van der Waals surface area contributed by atoms with Crippen LogP contribution < -0.4 is 5.63 Å². The zero-order valence-electron chi connectivity index (χ0n) is 17.8. The minimum absolute atomic E-state index is 0.207. The Hall–Kier alpha value is -2.20. The van der Waals surface area contributed by atoms with Gasteiger partial charge in [-0.05, 0) is 61.9 Å². The van der Waals surface area contributed by atoms with Crippen molar-refractivity contribution in [3.05, 3.63) is 63.6 Å². The maximum Gasteiger partial charge on any atom is 0.336 e. The maximum atomic E-state index is 12.8. The molecule has 2 aromatic heterocycles. The Kier molecular flexibility index (Phi) is 6.20. The predicted molar refractivity (Wildman–Crippen MR) is 122 cm³/mol. The monoisotopic (exact) mass is 459 g/mol. The fourth-order valence-electron chi connectivity index (χ4n) is 3.54. The molecule has 0 saturated carbocycles. The van der Waals surface area contributed by atoms with Crippen LogP contribution in [0, 0.1) is 13.8 Å². The first kappa shape index (κ1) is 22.0. The van der Waals surface area contributed by atoms with E-state index in [1.807, 2.05) is 33.0 Å². The van der Waals surface area contributed by atoms with Crippen LogP contribution in [0.1, 0.15) is 16.7 Å². The molecule has 0 radical (unpaired) electrons. The van der Waals surface area contributed by atoms with Crippen LogP contribution in [-0.4, -0.2) is 55.8 Å². The standard InChI is InChI=1S/C22H25N3O4S2/c1-15-10-19-17(12-22(26)29-20(19)11-16(15)2)14-30-21-5-4-18(13-23-21)31(27,28)25-8-6-24(3)7-9-25/h4-5,10-13H,6-9,14H2,1-3H3. The van der Waals surface area contributed by atoms with Gasteiger partial charge in [0.25, 0.3) is 0 Å². The molecule has 0 aliphatic carbocycles. The summed E-state index contributed by atoms with van der Waals surface area (Å²) in [6.07, 6.45) is 1.42. The molecule has 1 aliphatic heterocycles. The van der Waals surface area contributed by atoms with Crippen LogP contribution in [0.4, 0.5) is 0 Å². The molecule has 7 nitrogen and oxygen atoms in total. The SMILES string of the molecule is Cc1cc2oc(=O)cc(CSc3ccc(S(=O)(=O)N4CCN(C)CC4)cn3)c2cc1C. The van der Waals surface area contributed by atoms with Crippen molar-refractivity contribution in [2.24, 2.45) is 0 Å². The normalized spacial score (nSPS) is 16.1. The lowest BCUT2D eigenvalue weighted by Crippen LogP contribution is -2.47. The number of sulfonamides is 1. The van der Waals surface area contributed by atoms with Crippen LogP contribution in [-0.2, 0) is 15.8 Å². The minimum Gasteiger partial charge on any atom is -0.423 e. The number of rotatable bonds is 5. The smallest absolute Gasteiger partial charge is 0.336 e. The van der Waals surface area contributed by atoms with Crippen LogP contribution in [0.25, 0.3) is 11.0 Å². The molecule has 9 heteroatoms. The number of benzene rings is 1. The van der Waals surface area contributed by atoms with Crippen LogP contribution in [0.5, 0.6) is 0 Å². The van der Waals surface area contributed by atoms with Crippen molar-refractivity contribution < 1.29 is 12.8 Å². The molecule has 1 fully saturated rings. The highest BCUT2D eigenvalue weighted by Crippen LogP contribution is 2.28. The Bertz CT molecular complexity index is 1260. The van der Waals surface area contributed by atoms with E-state index in [0.29, 0.717) is 29.5 Å². The summed E-state index contributed by atoms with van der Waals surface area (Å²) in [6.45, 7) is 6.42. The first-order valence-corrected chi connectivity index (χ1v) is 12.5. The van der Waals surface area contributed by atoms with Gasteiger partial charge in [-0.1, -0.05) is 0 Å². The van der Waals surface area contributed by atoms with Gasteiger partial charge in [0.05, 0.1) is 5.03 Å². The van der Waals surface area contributed by atoms with E-state index in [0.717, 1.165) is 35.2 Å². The quantitative estimate of drug-likeness (QED) is 0.428. The molecular weight excluding hydrogens is 434 g/mol. The molecule has 0 bridgehead atoms. The lowest BCUT2D eigenvalue weighted by molar-refractivity contribution is 0.222. The van der Waals surface area contributed by atoms with E-state index in [1.54, 1.807) is 12.1 Å². The summed E-state index contributed by atoms with van der Waals surface area (Å²) in [5, 5.41) is 1.60. The highest BCUT2D eigenvalue weighted by molar-refractivity contribution is 7.98. The predicted octanol–water partition coefficient (Wildman–Crippen LogP) is 3.03. The van der Waals surface area contributed by atoms with Gasteiger partial charge in [0.2, 0.25) is 10.0 Å². The number of fused-ring (bicyclic) bond motifs is 1. The lowest BCUT2D eigenvalue weighted by atomic mass is 10.0. The number of pyridine rings is 1. The van der Waals surface area contributed by atoms with Crippen LogP contribution in [0.3, 0.4) is 0 Å². The molecule has 0 N–H and O–H groups in total. The highest BCUT2D eigenvalue weighted by Gasteiger charge is 2.27. The van der Waals surface area contributed by atoms with Crippen molar-refractivity contribution in [1.82, 2.24) is 14.2 Å². The number of piperazine rings is 1. The number of hydrogen-bond acceptors (Lipinski definition) is 7. The molecule has 3 heterocycles. The zero-order chi connectivity index (χ0) is 22.2. The topological polar surface area (TPSA) is 83.7 Å². The highest BCUT2D eigenvalue weighted by atomic mass is 32.2. The Labute approximate surface area is 186 Å². The first-order valence-electron chi connectivity index (χ1n) is 10.1. The lowest BCUT2D eigenvalue weighted by Gasteiger charge is -2.31. The van der Waals surface area contributed by atoms with E-state index < -0.39 is 10.0 Å². The van der Waals surface area contributed by atoms with Gasteiger partial charge in [0, 0.05) is 49.6 Å². The van der Waals surface area contributed by atoms with E-state index in [2.05, 4.69) is 9.88 Å². The Morgan fingerprint density at radius 2 is 1.77 bits per heavy atom. The molecule has 31 heavy (non-hydrogen) atoms. The van der Waals surface area contributed by atoms with E-state index in [9.17, 15) is 13.2 Å². The Morgan fingerprint density at radius 3 is 2.45 bits per heavy atom. The fourth-order valence-corrected chi connectivity index (χ4v) is 5.74. The summed E-state index contributed by atoms with van der Waals surface area (Å²) in [5.41, 5.74) is 3.26. The third-order valence-corrected chi connectivity index (χ3v) is 8.50. The average Bonchev–Trinajstić information content (AvgIpc) is 2.74. The summed E-state index contributed by atoms with van der Waals surface area (Å²) >= 11 is 1.46. The van der Waals surface area contributed by atoms with E-state index in [-0.39, 0.29) is 10.5 Å². The maximum absolute atomic E-state index is 12.8. The van der Waals surface area contributed by atoms with Gasteiger partial charge in [-0.15, -0.1) is 11.8 Å². The van der Waals surface area contributed by atoms with Crippen molar-refractivity contribution in [3.8, 4) is 0 Å². The first-order chi connectivity index (χ1) is 14.7. The van der Waals surface area contributed by atoms with Gasteiger partial charge >= 0.3 is 5.63 Å². The second kappa shape index (κ2) is 8.74. The molecule has 4 rings (SSSR count). The van der Waals surface area contributed by atoms with Crippen molar-refractivity contribution in [2.45, 2.75) is 29.5 Å². The molecule has 1 aromatic carbocycles. The van der Waals surface area contributed by atoms with Crippen LogP contribution >= 0.6 is 11.8 Å². The second-order valence-electron chi connectivity index (χ2n) is 7.85. The zero-order valence-corrected chi connectivity index (χ0v) is 19.4. The number of nitrogens with zero attached hydrogens (tertiary/aromatic N) is 3. The number of hydrogen-bond donors (Lipinski definition) is 0. The van der Waals surface area contributed by atoms with E-state index >= 15 is 0 Å². The van der Waals surface area contributed by atoms with Gasteiger partial charge in [0.1, 0.15) is 10.5 Å². The third kappa shape index (κ3) is 4.69. The Morgan fingerprint density at radius 1 is 1.06 bits per heavy atom. The Balaban J connectivity index is 1.52. The van der Waals surface area contributed by atoms with Crippen molar-refractivity contribution in [2.75, 3.05) is 33.2 Å². The van der Waals surface area contributed by atoms with Crippen molar-refractivity contribution in [1.29, 1.82) is 0 Å². The van der Waals surface area contributed by atoms with Gasteiger partial charge in [-0.2, -0.15) is 4.31 Å². The molecule has 1 saturated heterocycles. The summed E-state index contributed by atoms with van der Waals surface area (Å²) in [5.74, 6) is 0.530. The fraction of sp³-hybridized carbons (Fsp3) is 0.364. The molecule has 1 aliphatic rings. The van der Waals surface area contributed by atoms with E-state index in [4.69, 9.17) is 4.42 Å². The summed E-state index contributed by atoms with van der Waals surface area (Å²) in [4.78, 5) is 18.6. The largest absolute Gasteiger partial charge is 0.423 e. The van der Waals surface area contributed by atoms with Gasteiger partial charge in [0.15, 0.2) is 0 Å². The summed E-state index contributed by atoms with van der Waals surface area (Å²) in [6, 6.07) is 8.75. The molecule has 0 unspecified atom stereocenters. The number of aromatic nitrogens is 1. The third-order valence-electron chi connectivity index (χ3n) is 5.63. The van der Waals surface area contributed by atoms with Gasteiger partial charge < -0.3 is 9.32 Å². The molecule has 0 atom stereocenters. The van der Waals surface area contributed by atoms with Crippen molar-refractivity contribution >= 4 is 32.8 Å². The molecule has 0 spiro atoms. The number of aryl methyl sites for hydroxylation is 2. The summed E-state index contributed by atoms with van der Waals surface area (Å²) < 4.78 is 32.5. The summed E-state index contributed by atoms with van der Waals surface area (Å²) in [7, 11) is -1.55. The van der Waals surface area contributed by atoms with Gasteiger partial charge in [-0.3, -0.25) is 0 Å². The van der Waals surface area contributed by atoms with Crippen LogP contribution in [0.2, 0.25) is 0 Å². The number of thioether (sulfide) groups is 1. The minimum atomic E-state index is -3.53. The second-order valence-corrected chi connectivity index (χ2v) is 10.8. The average molecular weight is 460 g/mol.